The van der Waals surface area contributed by atoms with Gasteiger partial charge in [0.25, 0.3) is 11.8 Å². The molecule has 2 saturated heterocycles. The van der Waals surface area contributed by atoms with E-state index in [0.717, 1.165) is 23.6 Å². The van der Waals surface area contributed by atoms with Crippen LogP contribution in [0.2, 0.25) is 0 Å². The molecule has 0 bridgehead atoms. The number of hydrogen-bond donors (Lipinski definition) is 3. The Morgan fingerprint density at radius 3 is 2.43 bits per heavy atom. The first kappa shape index (κ1) is 35.1. The number of aliphatic carboxylic acids is 1. The van der Waals surface area contributed by atoms with E-state index in [4.69, 9.17) is 15.2 Å². The summed E-state index contributed by atoms with van der Waals surface area (Å²) < 4.78 is 26.1. The summed E-state index contributed by atoms with van der Waals surface area (Å²) in [6.45, 7) is 2.16. The third kappa shape index (κ3) is 8.09. The van der Waals surface area contributed by atoms with E-state index in [0.29, 0.717) is 31.7 Å². The SMILES string of the molecule is CCOC(=O)N1CCN(C(=O)C(CC(=O)O)NC(=O)c2cc(OCC(=O)N3CCCC3(CC3CC3)C(N)=O)n(-c3cccc(F)c3)n2)CC1. The standard InChI is InChI=1S/C32H40FN7O9/c1-2-48-31(47)38-13-11-37(12-14-38)29(45)24(17-27(42)43)35-28(44)23-16-26(40(36-23)22-6-3-5-21(33)15-22)49-19-25(41)39-10-4-9-32(39,30(34)46)18-20-7-8-20/h3,5-6,15-16,20,24H,2,4,7-14,17-19H2,1H3,(H2,34,46)(H,35,44)(H,42,43). The predicted molar refractivity (Wildman–Crippen MR) is 168 cm³/mol. The van der Waals surface area contributed by atoms with Gasteiger partial charge in [-0.3, -0.25) is 24.0 Å². The Balaban J connectivity index is 1.32. The van der Waals surface area contributed by atoms with Crippen molar-refractivity contribution in [2.75, 3.05) is 45.9 Å². The minimum atomic E-state index is -1.48. The molecule has 0 radical (unpaired) electrons. The first-order valence-electron chi connectivity index (χ1n) is 16.2. The maximum atomic E-state index is 14.2. The third-order valence-corrected chi connectivity index (χ3v) is 8.98. The van der Waals surface area contributed by atoms with Crippen LogP contribution in [-0.2, 0) is 23.9 Å². The van der Waals surface area contributed by atoms with E-state index in [1.807, 2.05) is 0 Å². The van der Waals surface area contributed by atoms with Crippen LogP contribution >= 0.6 is 0 Å². The maximum absolute atomic E-state index is 14.2. The number of primary amides is 1. The Labute approximate surface area is 281 Å². The van der Waals surface area contributed by atoms with Crippen LogP contribution in [0.5, 0.6) is 5.88 Å². The molecule has 2 aromatic rings. The van der Waals surface area contributed by atoms with Gasteiger partial charge in [0.05, 0.1) is 18.7 Å². The number of carboxylic acid groups (broad SMARTS) is 1. The number of nitrogens with zero attached hydrogens (tertiary/aromatic N) is 5. The Morgan fingerprint density at radius 1 is 1.08 bits per heavy atom. The Bertz CT molecular complexity index is 1600. The second kappa shape index (κ2) is 14.9. The van der Waals surface area contributed by atoms with Crippen molar-refractivity contribution in [3.05, 3.63) is 41.8 Å². The lowest BCUT2D eigenvalue weighted by molar-refractivity contribution is -0.145. The summed E-state index contributed by atoms with van der Waals surface area (Å²) in [5.41, 5.74) is 4.56. The van der Waals surface area contributed by atoms with Gasteiger partial charge in [-0.2, -0.15) is 5.10 Å². The lowest BCUT2D eigenvalue weighted by Gasteiger charge is -2.36. The van der Waals surface area contributed by atoms with E-state index in [-0.39, 0.29) is 50.0 Å². The highest BCUT2D eigenvalue weighted by atomic mass is 19.1. The van der Waals surface area contributed by atoms with Gasteiger partial charge in [-0.25, -0.2) is 13.9 Å². The summed E-state index contributed by atoms with van der Waals surface area (Å²) in [4.78, 5) is 80.8. The molecule has 2 aliphatic heterocycles. The van der Waals surface area contributed by atoms with Gasteiger partial charge >= 0.3 is 12.1 Å². The third-order valence-electron chi connectivity index (χ3n) is 8.98. The zero-order chi connectivity index (χ0) is 35.3. The molecule has 49 heavy (non-hydrogen) atoms. The zero-order valence-corrected chi connectivity index (χ0v) is 27.1. The second-order valence-electron chi connectivity index (χ2n) is 12.4. The van der Waals surface area contributed by atoms with Crippen LogP contribution in [0.15, 0.2) is 30.3 Å². The average Bonchev–Trinajstić information content (AvgIpc) is 3.60. The molecule has 16 nitrogen and oxygen atoms in total. The Hall–Kier alpha value is -5.22. The molecular weight excluding hydrogens is 645 g/mol. The molecule has 3 heterocycles. The highest BCUT2D eigenvalue weighted by Gasteiger charge is 2.51. The summed E-state index contributed by atoms with van der Waals surface area (Å²) in [5, 5.41) is 16.2. The van der Waals surface area contributed by atoms with Gasteiger partial charge in [-0.15, -0.1) is 0 Å². The highest BCUT2D eigenvalue weighted by molar-refractivity contribution is 5.97. The van der Waals surface area contributed by atoms with Gasteiger partial charge in [0.2, 0.25) is 17.7 Å². The number of likely N-dealkylation sites (tertiary alicyclic amines) is 1. The molecule has 1 aromatic carbocycles. The fourth-order valence-electron chi connectivity index (χ4n) is 6.35. The zero-order valence-electron chi connectivity index (χ0n) is 27.1. The number of benzene rings is 1. The fourth-order valence-corrected chi connectivity index (χ4v) is 6.35. The summed E-state index contributed by atoms with van der Waals surface area (Å²) in [6.07, 6.45) is 2.22. The summed E-state index contributed by atoms with van der Waals surface area (Å²) >= 11 is 0. The Morgan fingerprint density at radius 2 is 1.80 bits per heavy atom. The number of nitrogens with two attached hydrogens (primary N) is 1. The van der Waals surface area contributed by atoms with Crippen molar-refractivity contribution in [2.24, 2.45) is 11.7 Å². The van der Waals surface area contributed by atoms with E-state index < -0.39 is 66.1 Å². The normalized spacial score (nSPS) is 19.7. The van der Waals surface area contributed by atoms with Gasteiger partial charge in [0, 0.05) is 38.8 Å². The van der Waals surface area contributed by atoms with Crippen molar-refractivity contribution in [3.63, 3.8) is 0 Å². The number of amides is 5. The smallest absolute Gasteiger partial charge is 0.409 e. The fraction of sp³-hybridized carbons (Fsp3) is 0.531. The van der Waals surface area contributed by atoms with Crippen molar-refractivity contribution in [1.82, 2.24) is 29.8 Å². The molecule has 264 valence electrons. The molecular formula is C32H40FN7O9. The van der Waals surface area contributed by atoms with Gasteiger partial charge in [-0.1, -0.05) is 18.9 Å². The van der Waals surface area contributed by atoms with Crippen LogP contribution in [0.3, 0.4) is 0 Å². The molecule has 5 amide bonds. The van der Waals surface area contributed by atoms with Crippen molar-refractivity contribution in [1.29, 1.82) is 0 Å². The quantitative estimate of drug-likeness (QED) is 0.272. The molecule has 0 spiro atoms. The van der Waals surface area contributed by atoms with Crippen LogP contribution in [-0.4, -0.2) is 123 Å². The minimum absolute atomic E-state index is 0.0958. The number of carboxylic acids is 1. The molecule has 17 heteroatoms. The number of halogens is 1. The maximum Gasteiger partial charge on any atom is 0.409 e. The topological polar surface area (TPSA) is 207 Å². The predicted octanol–water partition coefficient (Wildman–Crippen LogP) is 0.911. The molecule has 1 aliphatic carbocycles. The minimum Gasteiger partial charge on any atom is -0.481 e. The van der Waals surface area contributed by atoms with Crippen LogP contribution in [0.4, 0.5) is 9.18 Å². The largest absolute Gasteiger partial charge is 0.481 e. The van der Waals surface area contributed by atoms with E-state index in [2.05, 4.69) is 10.4 Å². The molecule has 2 unspecified atom stereocenters. The average molecular weight is 686 g/mol. The Kier molecular flexibility index (Phi) is 10.7. The van der Waals surface area contributed by atoms with Crippen molar-refractivity contribution < 1.29 is 47.7 Å². The van der Waals surface area contributed by atoms with E-state index in [1.54, 1.807) is 6.92 Å². The number of nitrogens with one attached hydrogen (secondary N) is 1. The van der Waals surface area contributed by atoms with E-state index in [1.165, 1.54) is 39.0 Å². The number of ether oxygens (including phenoxy) is 2. The molecule has 4 N–H and O–H groups in total. The van der Waals surface area contributed by atoms with Gasteiger partial charge in [-0.05, 0) is 50.3 Å². The summed E-state index contributed by atoms with van der Waals surface area (Å²) in [7, 11) is 0. The van der Waals surface area contributed by atoms with Gasteiger partial charge in [0.15, 0.2) is 12.3 Å². The van der Waals surface area contributed by atoms with Crippen molar-refractivity contribution in [2.45, 2.75) is 57.0 Å². The monoisotopic (exact) mass is 685 g/mol. The lowest BCUT2D eigenvalue weighted by Crippen LogP contribution is -2.57. The number of piperazine rings is 1. The number of carbonyl (C=O) groups excluding carboxylic acids is 5. The second-order valence-corrected chi connectivity index (χ2v) is 12.4. The summed E-state index contributed by atoms with van der Waals surface area (Å²) in [6, 6.07) is 4.94. The molecule has 1 aromatic heterocycles. The van der Waals surface area contributed by atoms with E-state index in [9.17, 15) is 38.3 Å². The molecule has 3 aliphatic rings. The lowest BCUT2D eigenvalue weighted by atomic mass is 9.88. The molecule has 3 fully saturated rings. The van der Waals surface area contributed by atoms with Crippen LogP contribution < -0.4 is 15.8 Å². The van der Waals surface area contributed by atoms with Crippen LogP contribution in [0, 0.1) is 11.7 Å². The number of carbonyl (C=O) groups is 6. The van der Waals surface area contributed by atoms with Gasteiger partial charge in [0.1, 0.15) is 17.4 Å². The van der Waals surface area contributed by atoms with Crippen LogP contribution in [0.1, 0.15) is 55.9 Å². The number of aromatic nitrogens is 2. The molecule has 5 rings (SSSR count). The van der Waals surface area contributed by atoms with E-state index >= 15 is 0 Å². The first-order chi connectivity index (χ1) is 23.4. The van der Waals surface area contributed by atoms with Crippen molar-refractivity contribution in [3.8, 4) is 11.6 Å². The van der Waals surface area contributed by atoms with Crippen LogP contribution in [0.25, 0.3) is 5.69 Å². The van der Waals surface area contributed by atoms with Crippen molar-refractivity contribution >= 4 is 35.7 Å². The molecule has 1 saturated carbocycles. The van der Waals surface area contributed by atoms with Gasteiger partial charge < -0.3 is 40.3 Å². The number of hydrogen-bond acceptors (Lipinski definition) is 9. The summed E-state index contributed by atoms with van der Waals surface area (Å²) in [5.74, 6) is -4.40. The molecule has 2 atom stereocenters. The highest BCUT2D eigenvalue weighted by Crippen LogP contribution is 2.43. The first-order valence-corrected chi connectivity index (χ1v) is 16.2. The number of rotatable bonds is 13.